The van der Waals surface area contributed by atoms with Crippen LogP contribution >= 0.6 is 21.6 Å². The Labute approximate surface area is 80.9 Å². The van der Waals surface area contributed by atoms with Crippen molar-refractivity contribution in [2.24, 2.45) is 5.73 Å². The van der Waals surface area contributed by atoms with Crippen LogP contribution in [0.15, 0.2) is 0 Å². The lowest BCUT2D eigenvalue weighted by Gasteiger charge is -2.16. The first-order valence-corrected chi connectivity index (χ1v) is 5.94. The minimum absolute atomic E-state index is 0.156. The van der Waals surface area contributed by atoms with E-state index in [2.05, 4.69) is 20.8 Å². The van der Waals surface area contributed by atoms with Gasteiger partial charge in [0.25, 0.3) is 0 Å². The van der Waals surface area contributed by atoms with Gasteiger partial charge in [0.15, 0.2) is 0 Å². The Hall–Kier alpha value is 0.130. The van der Waals surface area contributed by atoms with Gasteiger partial charge in [0.2, 0.25) is 0 Å². The smallest absolute Gasteiger partial charge is 0.321 e. The molecule has 0 saturated heterocycles. The molecule has 1 atom stereocenters. The van der Waals surface area contributed by atoms with Gasteiger partial charge in [-0.2, -0.15) is 0 Å². The van der Waals surface area contributed by atoms with E-state index in [1.54, 1.807) is 10.8 Å². The van der Waals surface area contributed by atoms with Gasteiger partial charge >= 0.3 is 5.97 Å². The second kappa shape index (κ2) is 4.99. The average Bonchev–Trinajstić information content (AvgIpc) is 1.84. The van der Waals surface area contributed by atoms with Crippen molar-refractivity contribution in [2.75, 3.05) is 5.75 Å². The third-order valence-corrected chi connectivity index (χ3v) is 4.25. The first-order valence-electron chi connectivity index (χ1n) is 3.62. The van der Waals surface area contributed by atoms with Crippen LogP contribution in [0, 0.1) is 0 Å². The van der Waals surface area contributed by atoms with Crippen LogP contribution in [0.5, 0.6) is 0 Å². The number of aliphatic carboxylic acids is 1. The van der Waals surface area contributed by atoms with E-state index in [-0.39, 0.29) is 4.75 Å². The van der Waals surface area contributed by atoms with E-state index in [9.17, 15) is 4.79 Å². The summed E-state index contributed by atoms with van der Waals surface area (Å²) in [6.45, 7) is 6.24. The molecular weight excluding hydrogens is 194 g/mol. The molecule has 0 fully saturated rings. The van der Waals surface area contributed by atoms with E-state index in [1.807, 2.05) is 0 Å². The maximum Gasteiger partial charge on any atom is 0.321 e. The zero-order valence-corrected chi connectivity index (χ0v) is 9.17. The van der Waals surface area contributed by atoms with Crippen LogP contribution in [0.25, 0.3) is 0 Å². The van der Waals surface area contributed by atoms with E-state index < -0.39 is 12.0 Å². The molecule has 0 radical (unpaired) electrons. The molecule has 3 N–H and O–H groups in total. The topological polar surface area (TPSA) is 63.3 Å². The fourth-order valence-electron chi connectivity index (χ4n) is 0.355. The lowest BCUT2D eigenvalue weighted by atomic mass is 10.3. The van der Waals surface area contributed by atoms with E-state index >= 15 is 0 Å². The molecule has 0 saturated carbocycles. The largest absolute Gasteiger partial charge is 0.480 e. The highest BCUT2D eigenvalue weighted by atomic mass is 33.1. The van der Waals surface area contributed by atoms with Crippen LogP contribution in [0.1, 0.15) is 20.8 Å². The van der Waals surface area contributed by atoms with Crippen molar-refractivity contribution in [2.45, 2.75) is 31.6 Å². The molecule has 72 valence electrons. The van der Waals surface area contributed by atoms with E-state index in [1.165, 1.54) is 10.8 Å². The standard InChI is InChI=1S/C7H15NO2S2/c1-7(2,3)12-11-4-5(8)6(9)10/h5H,4,8H2,1-3H3,(H,9,10)/t5-/m1/s1. The summed E-state index contributed by atoms with van der Waals surface area (Å²) in [5.41, 5.74) is 5.31. The molecule has 0 heterocycles. The molecular formula is C7H15NO2S2. The summed E-state index contributed by atoms with van der Waals surface area (Å²) in [7, 11) is 3.16. The quantitative estimate of drug-likeness (QED) is 0.688. The Kier molecular flexibility index (Phi) is 5.04. The van der Waals surface area contributed by atoms with Crippen LogP contribution in [-0.4, -0.2) is 27.6 Å². The number of carboxylic acid groups (broad SMARTS) is 1. The second-order valence-electron chi connectivity index (χ2n) is 3.42. The molecule has 0 amide bonds. The van der Waals surface area contributed by atoms with Gasteiger partial charge < -0.3 is 10.8 Å². The summed E-state index contributed by atoms with van der Waals surface area (Å²) in [5.74, 6) is -0.478. The molecule has 0 unspecified atom stereocenters. The van der Waals surface area contributed by atoms with Crippen molar-refractivity contribution in [1.82, 2.24) is 0 Å². The van der Waals surface area contributed by atoms with Crippen molar-refractivity contribution in [3.63, 3.8) is 0 Å². The van der Waals surface area contributed by atoms with Gasteiger partial charge in [0, 0.05) is 10.5 Å². The minimum Gasteiger partial charge on any atom is -0.480 e. The van der Waals surface area contributed by atoms with Crippen LogP contribution in [0.4, 0.5) is 0 Å². The van der Waals surface area contributed by atoms with Gasteiger partial charge in [-0.15, -0.1) is 0 Å². The van der Waals surface area contributed by atoms with E-state index in [0.717, 1.165) is 0 Å². The molecule has 12 heavy (non-hydrogen) atoms. The number of hydrogen-bond donors (Lipinski definition) is 2. The Morgan fingerprint density at radius 2 is 2.08 bits per heavy atom. The fourth-order valence-corrected chi connectivity index (χ4v) is 2.77. The summed E-state index contributed by atoms with van der Waals surface area (Å²) in [5, 5.41) is 8.46. The molecule has 0 bridgehead atoms. The molecule has 5 heteroatoms. The summed E-state index contributed by atoms with van der Waals surface area (Å²) in [4.78, 5) is 10.3. The van der Waals surface area contributed by atoms with Crippen molar-refractivity contribution in [3.05, 3.63) is 0 Å². The number of carbonyl (C=O) groups is 1. The molecule has 0 aliphatic rings. The molecule has 0 aliphatic heterocycles. The monoisotopic (exact) mass is 209 g/mol. The van der Waals surface area contributed by atoms with Crippen molar-refractivity contribution in [3.8, 4) is 0 Å². The molecule has 0 aromatic carbocycles. The third kappa shape index (κ3) is 6.82. The summed E-state index contributed by atoms with van der Waals surface area (Å²) >= 11 is 0. The molecule has 0 aromatic heterocycles. The highest BCUT2D eigenvalue weighted by molar-refractivity contribution is 8.77. The minimum atomic E-state index is -0.933. The van der Waals surface area contributed by atoms with Gasteiger partial charge in [-0.3, -0.25) is 4.79 Å². The van der Waals surface area contributed by atoms with Gasteiger partial charge in [-0.1, -0.05) is 42.4 Å². The SMILES string of the molecule is CC(C)(C)SSC[C@@H](N)C(=O)O. The number of hydrogen-bond acceptors (Lipinski definition) is 4. The van der Waals surface area contributed by atoms with Gasteiger partial charge in [0.1, 0.15) is 6.04 Å². The number of rotatable bonds is 4. The average molecular weight is 209 g/mol. The van der Waals surface area contributed by atoms with Crippen LogP contribution in [0.2, 0.25) is 0 Å². The summed E-state index contributed by atoms with van der Waals surface area (Å²) in [6, 6.07) is -0.746. The summed E-state index contributed by atoms with van der Waals surface area (Å²) < 4.78 is 0.156. The first-order chi connectivity index (χ1) is 5.33. The Balaban J connectivity index is 3.51. The summed E-state index contributed by atoms with van der Waals surface area (Å²) in [6.07, 6.45) is 0. The van der Waals surface area contributed by atoms with Gasteiger partial charge in [-0.25, -0.2) is 0 Å². The van der Waals surface area contributed by atoms with Crippen LogP contribution in [0.3, 0.4) is 0 Å². The zero-order chi connectivity index (χ0) is 9.78. The molecule has 0 rings (SSSR count). The van der Waals surface area contributed by atoms with Gasteiger partial charge in [0.05, 0.1) is 0 Å². The fraction of sp³-hybridized carbons (Fsp3) is 0.857. The molecule has 0 aliphatic carbocycles. The van der Waals surface area contributed by atoms with E-state index in [4.69, 9.17) is 10.8 Å². The van der Waals surface area contributed by atoms with Crippen molar-refractivity contribution < 1.29 is 9.90 Å². The highest BCUT2D eigenvalue weighted by Crippen LogP contribution is 2.34. The third-order valence-electron chi connectivity index (χ3n) is 0.874. The lowest BCUT2D eigenvalue weighted by molar-refractivity contribution is -0.137. The first kappa shape index (κ1) is 12.1. The molecule has 3 nitrogen and oxygen atoms in total. The van der Waals surface area contributed by atoms with E-state index in [0.29, 0.717) is 5.75 Å². The highest BCUT2D eigenvalue weighted by Gasteiger charge is 2.15. The zero-order valence-electron chi connectivity index (χ0n) is 7.53. The van der Waals surface area contributed by atoms with Crippen LogP contribution in [-0.2, 0) is 4.79 Å². The van der Waals surface area contributed by atoms with Crippen molar-refractivity contribution in [1.29, 1.82) is 0 Å². The maximum atomic E-state index is 10.3. The van der Waals surface area contributed by atoms with Crippen molar-refractivity contribution >= 4 is 27.6 Å². The van der Waals surface area contributed by atoms with Gasteiger partial charge in [-0.05, 0) is 0 Å². The Morgan fingerprint density at radius 1 is 1.58 bits per heavy atom. The van der Waals surface area contributed by atoms with Crippen LogP contribution < -0.4 is 5.73 Å². The normalized spacial score (nSPS) is 14.3. The maximum absolute atomic E-state index is 10.3. The Morgan fingerprint density at radius 3 is 2.42 bits per heavy atom. The molecule has 0 aromatic rings. The lowest BCUT2D eigenvalue weighted by Crippen LogP contribution is -2.32. The Bertz CT molecular complexity index is 156. The second-order valence-corrected chi connectivity index (χ2v) is 6.59. The predicted molar refractivity (Wildman–Crippen MR) is 55.4 cm³/mol. The number of carboxylic acids is 1. The molecule has 0 spiro atoms. The number of nitrogens with two attached hydrogens (primary N) is 1. The predicted octanol–water partition coefficient (Wildman–Crippen LogP) is 1.58.